The molecule has 1 heteroatoms. The van der Waals surface area contributed by atoms with E-state index in [1.165, 1.54) is 5.56 Å². The molecule has 1 unspecified atom stereocenters. The van der Waals surface area contributed by atoms with E-state index in [1.54, 1.807) is 0 Å². The molecule has 0 aliphatic carbocycles. The van der Waals surface area contributed by atoms with Crippen LogP contribution in [0.1, 0.15) is 31.2 Å². The Bertz CT molecular complexity index is 266. The van der Waals surface area contributed by atoms with Crippen LogP contribution in [0.15, 0.2) is 36.4 Å². The van der Waals surface area contributed by atoms with E-state index in [9.17, 15) is 4.39 Å². The monoisotopic (exact) mass is 205 g/mol. The van der Waals surface area contributed by atoms with E-state index < -0.39 is 6.17 Å². The number of alkyl halides is 1. The summed E-state index contributed by atoms with van der Waals surface area (Å²) in [5.41, 5.74) is 1.36. The molecule has 0 N–H and O–H groups in total. The van der Waals surface area contributed by atoms with E-state index in [0.717, 1.165) is 31.8 Å². The fourth-order valence-electron chi connectivity index (χ4n) is 1.59. The van der Waals surface area contributed by atoms with Crippen LogP contribution in [0.5, 0.6) is 0 Å². The molecule has 15 heavy (non-hydrogen) atoms. The van der Waals surface area contributed by atoms with Crippen LogP contribution >= 0.6 is 0 Å². The number of aryl methyl sites for hydroxylation is 1. The van der Waals surface area contributed by atoms with Crippen molar-refractivity contribution in [2.75, 3.05) is 0 Å². The molecule has 0 aromatic heterocycles. The van der Waals surface area contributed by atoms with Gasteiger partial charge in [0.15, 0.2) is 0 Å². The highest BCUT2D eigenvalue weighted by molar-refractivity contribution is 5.14. The topological polar surface area (TPSA) is 0 Å². The Morgan fingerprint density at radius 1 is 1.13 bits per heavy atom. The molecule has 1 aromatic rings. The Morgan fingerprint density at radius 3 is 2.53 bits per heavy atom. The fourth-order valence-corrected chi connectivity index (χ4v) is 1.59. The molecular weight excluding hydrogens is 187 g/mol. The van der Waals surface area contributed by atoms with E-state index in [1.807, 2.05) is 6.07 Å². The second-order valence-corrected chi connectivity index (χ2v) is 3.79. The zero-order valence-electron chi connectivity index (χ0n) is 9.03. The normalized spacial score (nSPS) is 12.3. The SMILES string of the molecule is [CH]=CC(F)CCCCCc1ccccc1. The highest BCUT2D eigenvalue weighted by Crippen LogP contribution is 2.10. The van der Waals surface area contributed by atoms with Gasteiger partial charge >= 0.3 is 0 Å². The molecule has 0 saturated heterocycles. The summed E-state index contributed by atoms with van der Waals surface area (Å²) >= 11 is 0. The molecule has 1 atom stereocenters. The van der Waals surface area contributed by atoms with Gasteiger partial charge in [0.05, 0.1) is 0 Å². The number of benzene rings is 1. The molecule has 0 nitrogen and oxygen atoms in total. The lowest BCUT2D eigenvalue weighted by molar-refractivity contribution is 0.365. The standard InChI is InChI=1S/C14H18F/c1-2-14(15)12-8-4-7-11-13-9-5-3-6-10-13/h1-3,5-6,9-10,14H,4,7-8,11-12H2. The van der Waals surface area contributed by atoms with Gasteiger partial charge in [-0.25, -0.2) is 4.39 Å². The number of allylic oxidation sites excluding steroid dienone is 1. The van der Waals surface area contributed by atoms with Gasteiger partial charge in [0.2, 0.25) is 0 Å². The summed E-state index contributed by atoms with van der Waals surface area (Å²) in [6.07, 6.45) is 4.97. The molecule has 0 heterocycles. The molecule has 0 aliphatic heterocycles. The summed E-state index contributed by atoms with van der Waals surface area (Å²) in [5.74, 6) is 0. The number of halogens is 1. The highest BCUT2D eigenvalue weighted by atomic mass is 19.1. The van der Waals surface area contributed by atoms with Crippen molar-refractivity contribution < 1.29 is 4.39 Å². The first-order chi connectivity index (χ1) is 7.33. The molecule has 0 fully saturated rings. The van der Waals surface area contributed by atoms with Crippen molar-refractivity contribution in [2.24, 2.45) is 0 Å². The maximum absolute atomic E-state index is 12.7. The van der Waals surface area contributed by atoms with Crippen molar-refractivity contribution in [1.82, 2.24) is 0 Å². The third-order valence-corrected chi connectivity index (χ3v) is 2.50. The van der Waals surface area contributed by atoms with E-state index in [-0.39, 0.29) is 0 Å². The van der Waals surface area contributed by atoms with Crippen molar-refractivity contribution in [1.29, 1.82) is 0 Å². The van der Waals surface area contributed by atoms with Crippen molar-refractivity contribution in [3.63, 3.8) is 0 Å². The molecule has 0 aliphatic rings. The van der Waals surface area contributed by atoms with Gasteiger partial charge in [-0.15, -0.1) is 0 Å². The number of hydrogen-bond acceptors (Lipinski definition) is 0. The van der Waals surface area contributed by atoms with Gasteiger partial charge in [-0.1, -0.05) is 55.8 Å². The summed E-state index contributed by atoms with van der Waals surface area (Å²) in [6.45, 7) is 5.08. The van der Waals surface area contributed by atoms with Crippen molar-refractivity contribution in [3.05, 3.63) is 48.6 Å². The number of rotatable bonds is 7. The lowest BCUT2D eigenvalue weighted by atomic mass is 10.1. The maximum atomic E-state index is 12.7. The second kappa shape index (κ2) is 7.22. The number of unbranched alkanes of at least 4 members (excludes halogenated alkanes) is 2. The van der Waals surface area contributed by atoms with Crippen LogP contribution in [0, 0.1) is 6.58 Å². The third-order valence-electron chi connectivity index (χ3n) is 2.50. The average Bonchev–Trinajstić information content (AvgIpc) is 2.29. The first-order valence-electron chi connectivity index (χ1n) is 5.56. The first kappa shape index (κ1) is 12.0. The van der Waals surface area contributed by atoms with Crippen LogP contribution in [0.25, 0.3) is 0 Å². The van der Waals surface area contributed by atoms with Crippen LogP contribution in [-0.2, 0) is 6.42 Å². The fraction of sp³-hybridized carbons (Fsp3) is 0.429. The first-order valence-corrected chi connectivity index (χ1v) is 5.56. The van der Waals surface area contributed by atoms with Crippen LogP contribution in [0.2, 0.25) is 0 Å². The minimum atomic E-state index is -0.929. The predicted molar refractivity (Wildman–Crippen MR) is 62.4 cm³/mol. The molecule has 81 valence electrons. The predicted octanol–water partition coefficient (Wildman–Crippen LogP) is 4.12. The molecule has 0 saturated carbocycles. The largest absolute Gasteiger partial charge is 0.243 e. The van der Waals surface area contributed by atoms with Gasteiger partial charge in [-0.2, -0.15) is 0 Å². The Morgan fingerprint density at radius 2 is 1.87 bits per heavy atom. The van der Waals surface area contributed by atoms with Crippen LogP contribution in [-0.4, -0.2) is 6.17 Å². The molecule has 1 aromatic carbocycles. The molecule has 0 bridgehead atoms. The van der Waals surface area contributed by atoms with Gasteiger partial charge in [-0.05, 0) is 24.8 Å². The smallest absolute Gasteiger partial charge is 0.119 e. The average molecular weight is 205 g/mol. The zero-order valence-corrected chi connectivity index (χ0v) is 9.03. The van der Waals surface area contributed by atoms with Gasteiger partial charge in [-0.3, -0.25) is 0 Å². The third kappa shape index (κ3) is 5.36. The van der Waals surface area contributed by atoms with Crippen LogP contribution in [0.4, 0.5) is 4.39 Å². The minimum absolute atomic E-state index is 0.561. The van der Waals surface area contributed by atoms with Crippen LogP contribution in [0.3, 0.4) is 0 Å². The van der Waals surface area contributed by atoms with Gasteiger partial charge < -0.3 is 0 Å². The van der Waals surface area contributed by atoms with Gasteiger partial charge in [0.1, 0.15) is 6.17 Å². The van der Waals surface area contributed by atoms with Crippen molar-refractivity contribution in [2.45, 2.75) is 38.3 Å². The number of hydrogen-bond donors (Lipinski definition) is 0. The highest BCUT2D eigenvalue weighted by Gasteiger charge is 1.99. The summed E-state index contributed by atoms with van der Waals surface area (Å²) in [6, 6.07) is 10.4. The van der Waals surface area contributed by atoms with Gasteiger partial charge in [0.25, 0.3) is 0 Å². The van der Waals surface area contributed by atoms with Crippen molar-refractivity contribution in [3.8, 4) is 0 Å². The lowest BCUT2D eigenvalue weighted by Crippen LogP contribution is -1.94. The van der Waals surface area contributed by atoms with E-state index in [4.69, 9.17) is 6.58 Å². The Balaban J connectivity index is 2.05. The van der Waals surface area contributed by atoms with E-state index >= 15 is 0 Å². The van der Waals surface area contributed by atoms with Gasteiger partial charge in [0, 0.05) is 0 Å². The van der Waals surface area contributed by atoms with Crippen molar-refractivity contribution >= 4 is 0 Å². The van der Waals surface area contributed by atoms with E-state index in [2.05, 4.69) is 24.3 Å². The quantitative estimate of drug-likeness (QED) is 0.587. The summed E-state index contributed by atoms with van der Waals surface area (Å²) in [7, 11) is 0. The zero-order chi connectivity index (χ0) is 10.9. The van der Waals surface area contributed by atoms with Crippen LogP contribution < -0.4 is 0 Å². The molecular formula is C14H18F. The summed E-state index contributed by atoms with van der Waals surface area (Å²) in [4.78, 5) is 0. The lowest BCUT2D eigenvalue weighted by Gasteiger charge is -2.03. The molecule has 0 spiro atoms. The summed E-state index contributed by atoms with van der Waals surface area (Å²) < 4.78 is 12.7. The molecule has 0 amide bonds. The maximum Gasteiger partial charge on any atom is 0.119 e. The minimum Gasteiger partial charge on any atom is -0.243 e. The Labute approximate surface area is 91.8 Å². The van der Waals surface area contributed by atoms with E-state index in [0.29, 0.717) is 6.42 Å². The Kier molecular flexibility index (Phi) is 5.76. The molecule has 1 rings (SSSR count). The molecule has 1 radical (unpaired) electrons. The summed E-state index contributed by atoms with van der Waals surface area (Å²) in [5, 5.41) is 0. The second-order valence-electron chi connectivity index (χ2n) is 3.79. The Hall–Kier alpha value is -1.11.